The number of hydrogen-bond acceptors (Lipinski definition) is 6. The molecule has 1 aliphatic carbocycles. The molecule has 6 atom stereocenters. The lowest BCUT2D eigenvalue weighted by Gasteiger charge is -2.47. The third kappa shape index (κ3) is 3.37. The molecule has 2 aliphatic rings. The van der Waals surface area contributed by atoms with Crippen molar-refractivity contribution in [3.05, 3.63) is 11.6 Å². The predicted octanol–water partition coefficient (Wildman–Crippen LogP) is 0.328. The van der Waals surface area contributed by atoms with Gasteiger partial charge in [-0.05, 0) is 32.1 Å². The Morgan fingerprint density at radius 2 is 1.95 bits per heavy atom. The second-order valence-corrected chi connectivity index (χ2v) is 6.79. The Hall–Kier alpha value is -0.500. The molecule has 128 valence electrons. The summed E-state index contributed by atoms with van der Waals surface area (Å²) in [6.45, 7) is 5.74. The first-order valence-corrected chi connectivity index (χ1v) is 7.94. The van der Waals surface area contributed by atoms with Gasteiger partial charge in [0.1, 0.15) is 24.4 Å². The monoisotopic (exact) mass is 316 g/mol. The molecule has 1 heterocycles. The number of hydrogen-bond donors (Lipinski definition) is 4. The standard InChI is InChI=1S/C16H28O6/c1-9(2)16(6-4-10(3)5-7-16)22-15-14(20)13(19)12(18)11(8-17)21-15/h4,9,11-15,17-20H,5-8H2,1-3H3. The van der Waals surface area contributed by atoms with Gasteiger partial charge < -0.3 is 29.9 Å². The lowest BCUT2D eigenvalue weighted by atomic mass is 9.78. The maximum absolute atomic E-state index is 10.1. The van der Waals surface area contributed by atoms with Gasteiger partial charge in [0.25, 0.3) is 0 Å². The number of ether oxygens (including phenoxy) is 2. The molecule has 0 amide bonds. The Morgan fingerprint density at radius 3 is 2.45 bits per heavy atom. The smallest absolute Gasteiger partial charge is 0.187 e. The predicted molar refractivity (Wildman–Crippen MR) is 80.0 cm³/mol. The van der Waals surface area contributed by atoms with E-state index in [0.29, 0.717) is 6.42 Å². The van der Waals surface area contributed by atoms with Crippen molar-refractivity contribution in [2.45, 2.75) is 76.3 Å². The molecular weight excluding hydrogens is 288 g/mol. The van der Waals surface area contributed by atoms with E-state index in [4.69, 9.17) is 9.47 Å². The van der Waals surface area contributed by atoms with Crippen LogP contribution in [0.4, 0.5) is 0 Å². The molecule has 0 radical (unpaired) electrons. The highest BCUT2D eigenvalue weighted by Crippen LogP contribution is 2.39. The average molecular weight is 316 g/mol. The van der Waals surface area contributed by atoms with E-state index in [-0.39, 0.29) is 5.92 Å². The summed E-state index contributed by atoms with van der Waals surface area (Å²) in [7, 11) is 0. The van der Waals surface area contributed by atoms with Gasteiger partial charge in [-0.3, -0.25) is 0 Å². The summed E-state index contributed by atoms with van der Waals surface area (Å²) in [5, 5.41) is 39.1. The second kappa shape index (κ2) is 6.95. The molecular formula is C16H28O6. The molecule has 4 N–H and O–H groups in total. The van der Waals surface area contributed by atoms with Gasteiger partial charge in [-0.15, -0.1) is 0 Å². The Morgan fingerprint density at radius 1 is 1.27 bits per heavy atom. The largest absolute Gasteiger partial charge is 0.394 e. The van der Waals surface area contributed by atoms with Crippen molar-refractivity contribution in [3.8, 4) is 0 Å². The average Bonchev–Trinajstić information content (AvgIpc) is 2.50. The highest BCUT2D eigenvalue weighted by molar-refractivity contribution is 5.09. The highest BCUT2D eigenvalue weighted by atomic mass is 16.7. The van der Waals surface area contributed by atoms with Gasteiger partial charge in [0.15, 0.2) is 6.29 Å². The van der Waals surface area contributed by atoms with E-state index in [1.165, 1.54) is 5.57 Å². The van der Waals surface area contributed by atoms with Crippen LogP contribution >= 0.6 is 0 Å². The molecule has 0 aromatic carbocycles. The fraction of sp³-hybridized carbons (Fsp3) is 0.875. The van der Waals surface area contributed by atoms with E-state index in [1.807, 2.05) is 0 Å². The van der Waals surface area contributed by atoms with Crippen molar-refractivity contribution in [3.63, 3.8) is 0 Å². The van der Waals surface area contributed by atoms with Gasteiger partial charge in [-0.1, -0.05) is 25.5 Å². The normalized spacial score (nSPS) is 43.3. The molecule has 1 saturated heterocycles. The van der Waals surface area contributed by atoms with Gasteiger partial charge in [0.05, 0.1) is 12.2 Å². The summed E-state index contributed by atoms with van der Waals surface area (Å²) >= 11 is 0. The molecule has 0 aromatic heterocycles. The molecule has 0 saturated carbocycles. The molecule has 2 rings (SSSR count). The van der Waals surface area contributed by atoms with E-state index in [2.05, 4.69) is 26.8 Å². The van der Waals surface area contributed by atoms with Crippen molar-refractivity contribution in [1.82, 2.24) is 0 Å². The van der Waals surface area contributed by atoms with E-state index < -0.39 is 42.9 Å². The molecule has 0 bridgehead atoms. The molecule has 22 heavy (non-hydrogen) atoms. The van der Waals surface area contributed by atoms with Crippen LogP contribution in [0.15, 0.2) is 11.6 Å². The molecule has 6 nitrogen and oxygen atoms in total. The summed E-state index contributed by atoms with van der Waals surface area (Å²) in [6, 6.07) is 0. The zero-order valence-corrected chi connectivity index (χ0v) is 13.5. The van der Waals surface area contributed by atoms with Gasteiger partial charge in [0, 0.05) is 0 Å². The van der Waals surface area contributed by atoms with Crippen LogP contribution in [0.2, 0.25) is 0 Å². The summed E-state index contributed by atoms with van der Waals surface area (Å²) in [6.07, 6.45) is -1.54. The van der Waals surface area contributed by atoms with Crippen LogP contribution < -0.4 is 0 Å². The number of aliphatic hydroxyl groups is 4. The number of aliphatic hydroxyl groups excluding tert-OH is 4. The third-order valence-electron chi connectivity index (χ3n) is 4.99. The topological polar surface area (TPSA) is 99.4 Å². The SMILES string of the molecule is CC1=CCC(OC2OC(CO)C(O)C(O)C2O)(C(C)C)CC1. The first kappa shape index (κ1) is 17.8. The van der Waals surface area contributed by atoms with Crippen molar-refractivity contribution < 1.29 is 29.9 Å². The zero-order chi connectivity index (χ0) is 16.5. The van der Waals surface area contributed by atoms with E-state index in [0.717, 1.165) is 12.8 Å². The molecule has 0 spiro atoms. The minimum absolute atomic E-state index is 0.198. The summed E-state index contributed by atoms with van der Waals surface area (Å²) < 4.78 is 11.6. The Bertz CT molecular complexity index is 407. The lowest BCUT2D eigenvalue weighted by Crippen LogP contribution is -2.61. The first-order chi connectivity index (χ1) is 10.3. The van der Waals surface area contributed by atoms with E-state index in [9.17, 15) is 20.4 Å². The molecule has 1 fully saturated rings. The van der Waals surface area contributed by atoms with E-state index in [1.54, 1.807) is 0 Å². The number of rotatable bonds is 4. The molecule has 6 heteroatoms. The van der Waals surface area contributed by atoms with Crippen molar-refractivity contribution in [2.24, 2.45) is 5.92 Å². The van der Waals surface area contributed by atoms with Crippen LogP contribution in [-0.4, -0.2) is 63.3 Å². The van der Waals surface area contributed by atoms with Gasteiger partial charge in [-0.25, -0.2) is 0 Å². The minimum atomic E-state index is -1.40. The van der Waals surface area contributed by atoms with Crippen LogP contribution in [0.1, 0.15) is 40.0 Å². The summed E-state index contributed by atoms with van der Waals surface area (Å²) in [5.74, 6) is 0.198. The Balaban J connectivity index is 2.16. The third-order valence-corrected chi connectivity index (χ3v) is 4.99. The molecule has 1 aliphatic heterocycles. The van der Waals surface area contributed by atoms with Gasteiger partial charge in [0.2, 0.25) is 0 Å². The Kier molecular flexibility index (Phi) is 5.63. The van der Waals surface area contributed by atoms with Crippen LogP contribution in [-0.2, 0) is 9.47 Å². The highest BCUT2D eigenvalue weighted by Gasteiger charge is 2.48. The fourth-order valence-electron chi connectivity index (χ4n) is 3.12. The lowest BCUT2D eigenvalue weighted by molar-refractivity contribution is -0.333. The van der Waals surface area contributed by atoms with Crippen LogP contribution in [0, 0.1) is 5.92 Å². The second-order valence-electron chi connectivity index (χ2n) is 6.79. The maximum atomic E-state index is 10.1. The van der Waals surface area contributed by atoms with E-state index >= 15 is 0 Å². The first-order valence-electron chi connectivity index (χ1n) is 7.94. The van der Waals surface area contributed by atoms with Crippen molar-refractivity contribution in [2.75, 3.05) is 6.61 Å². The van der Waals surface area contributed by atoms with Gasteiger partial charge in [-0.2, -0.15) is 0 Å². The molecule has 0 aromatic rings. The summed E-state index contributed by atoms with van der Waals surface area (Å²) in [4.78, 5) is 0. The van der Waals surface area contributed by atoms with Crippen molar-refractivity contribution >= 4 is 0 Å². The minimum Gasteiger partial charge on any atom is -0.394 e. The maximum Gasteiger partial charge on any atom is 0.187 e. The Labute approximate surface area is 131 Å². The quantitative estimate of drug-likeness (QED) is 0.558. The zero-order valence-electron chi connectivity index (χ0n) is 13.5. The van der Waals surface area contributed by atoms with Crippen LogP contribution in [0.5, 0.6) is 0 Å². The summed E-state index contributed by atoms with van der Waals surface area (Å²) in [5.41, 5.74) is 0.835. The van der Waals surface area contributed by atoms with Gasteiger partial charge >= 0.3 is 0 Å². The van der Waals surface area contributed by atoms with Crippen molar-refractivity contribution in [1.29, 1.82) is 0 Å². The number of allylic oxidation sites excluding steroid dienone is 1. The fourth-order valence-corrected chi connectivity index (χ4v) is 3.12. The van der Waals surface area contributed by atoms with Crippen LogP contribution in [0.3, 0.4) is 0 Å². The van der Waals surface area contributed by atoms with Crippen LogP contribution in [0.25, 0.3) is 0 Å². The molecule has 6 unspecified atom stereocenters.